The lowest BCUT2D eigenvalue weighted by Crippen LogP contribution is -2.09. The molecule has 0 fully saturated rings. The maximum Gasteiger partial charge on any atom is 0.135 e. The topological polar surface area (TPSA) is 29.3 Å². The fourth-order valence-electron chi connectivity index (χ4n) is 6.38. The van der Waals surface area contributed by atoms with Crippen LogP contribution in [-0.2, 0) is 0 Å². The Morgan fingerprint density at radius 2 is 1.11 bits per heavy atom. The average molecular weight is 595 g/mol. The van der Waals surface area contributed by atoms with E-state index < -0.39 is 0 Å². The van der Waals surface area contributed by atoms with Gasteiger partial charge in [0.1, 0.15) is 16.0 Å². The molecule has 0 unspecified atom stereocenters. The van der Waals surface area contributed by atoms with E-state index in [1.807, 2.05) is 24.4 Å². The number of aromatic nitrogens is 1. The third-order valence-electron chi connectivity index (χ3n) is 8.56. The number of hydrogen-bond donors (Lipinski definition) is 0. The Balaban J connectivity index is 1.17. The van der Waals surface area contributed by atoms with Gasteiger partial charge in [-0.3, -0.25) is 0 Å². The second-order valence-electron chi connectivity index (χ2n) is 11.2. The summed E-state index contributed by atoms with van der Waals surface area (Å²) in [7, 11) is 0. The molecule has 6 aromatic carbocycles. The highest BCUT2D eigenvalue weighted by Gasteiger charge is 2.17. The van der Waals surface area contributed by atoms with Gasteiger partial charge in [0.25, 0.3) is 0 Å². The summed E-state index contributed by atoms with van der Waals surface area (Å²) in [5, 5.41) is 4.69. The van der Waals surface area contributed by atoms with Crippen LogP contribution in [0.5, 0.6) is 0 Å². The molecule has 0 radical (unpaired) electrons. The van der Waals surface area contributed by atoms with Crippen LogP contribution in [0.4, 0.5) is 17.1 Å². The molecular formula is C41H26N2OS. The van der Waals surface area contributed by atoms with Crippen molar-refractivity contribution in [1.82, 2.24) is 4.98 Å². The van der Waals surface area contributed by atoms with Gasteiger partial charge in [-0.15, -0.1) is 11.3 Å². The highest BCUT2D eigenvalue weighted by molar-refractivity contribution is 7.26. The largest absolute Gasteiger partial charge is 0.456 e. The first-order chi connectivity index (χ1) is 22.3. The SMILES string of the molecule is c1ccc(-c2ccc(N(c3ccc(-c4cccc5c4sc4ncccc45)cc3)c3ccc4oc5ccccc5c4c3)cc2)cc1. The second-order valence-corrected chi connectivity index (χ2v) is 12.2. The maximum atomic E-state index is 6.16. The smallest absolute Gasteiger partial charge is 0.135 e. The lowest BCUT2D eigenvalue weighted by atomic mass is 10.0. The zero-order valence-corrected chi connectivity index (χ0v) is 25.0. The molecule has 9 rings (SSSR count). The van der Waals surface area contributed by atoms with Gasteiger partial charge in [-0.25, -0.2) is 4.98 Å². The van der Waals surface area contributed by atoms with E-state index in [4.69, 9.17) is 4.42 Å². The Morgan fingerprint density at radius 1 is 0.467 bits per heavy atom. The molecule has 0 saturated heterocycles. The van der Waals surface area contributed by atoms with Crippen LogP contribution < -0.4 is 4.90 Å². The van der Waals surface area contributed by atoms with E-state index in [1.54, 1.807) is 11.3 Å². The molecule has 3 nitrogen and oxygen atoms in total. The van der Waals surface area contributed by atoms with Crippen LogP contribution in [0.3, 0.4) is 0 Å². The number of para-hydroxylation sites is 1. The van der Waals surface area contributed by atoms with Gasteiger partial charge in [0, 0.05) is 49.5 Å². The van der Waals surface area contributed by atoms with Crippen LogP contribution in [0.2, 0.25) is 0 Å². The van der Waals surface area contributed by atoms with Crippen LogP contribution in [0.1, 0.15) is 0 Å². The van der Waals surface area contributed by atoms with E-state index >= 15 is 0 Å². The Bertz CT molecular complexity index is 2480. The summed E-state index contributed by atoms with van der Waals surface area (Å²) < 4.78 is 7.43. The van der Waals surface area contributed by atoms with Crippen LogP contribution in [-0.4, -0.2) is 4.98 Å². The van der Waals surface area contributed by atoms with Crippen molar-refractivity contribution in [3.63, 3.8) is 0 Å². The van der Waals surface area contributed by atoms with Crippen molar-refractivity contribution in [2.45, 2.75) is 0 Å². The van der Waals surface area contributed by atoms with Gasteiger partial charge in [-0.2, -0.15) is 0 Å². The summed E-state index contributed by atoms with van der Waals surface area (Å²) in [6.45, 7) is 0. The molecule has 0 saturated carbocycles. The molecule has 0 spiro atoms. The van der Waals surface area contributed by atoms with E-state index in [2.05, 4.69) is 143 Å². The number of fused-ring (bicyclic) bond motifs is 6. The highest BCUT2D eigenvalue weighted by Crippen LogP contribution is 2.42. The number of anilines is 3. The van der Waals surface area contributed by atoms with E-state index in [9.17, 15) is 0 Å². The summed E-state index contributed by atoms with van der Waals surface area (Å²) >= 11 is 1.76. The first-order valence-electron chi connectivity index (χ1n) is 15.0. The van der Waals surface area contributed by atoms with E-state index in [-0.39, 0.29) is 0 Å². The van der Waals surface area contributed by atoms with Crippen molar-refractivity contribution in [2.24, 2.45) is 0 Å². The van der Waals surface area contributed by atoms with Gasteiger partial charge in [0.15, 0.2) is 0 Å². The van der Waals surface area contributed by atoms with Crippen LogP contribution in [0.15, 0.2) is 162 Å². The minimum atomic E-state index is 0.889. The Labute approximate surface area is 264 Å². The van der Waals surface area contributed by atoms with Crippen LogP contribution in [0.25, 0.3) is 64.5 Å². The van der Waals surface area contributed by atoms with E-state index in [1.165, 1.54) is 37.7 Å². The summed E-state index contributed by atoms with van der Waals surface area (Å²) in [5.74, 6) is 0. The van der Waals surface area contributed by atoms with Crippen molar-refractivity contribution in [1.29, 1.82) is 0 Å². The predicted octanol–water partition coefficient (Wildman–Crippen LogP) is 12.2. The molecule has 0 amide bonds. The standard InChI is InChI=1S/C41H26N2OS/c1-2-8-27(9-3-1)28-15-19-30(20-16-28)43(32-23-24-39-37(26-32)34-10-4-5-14-38(34)44-39)31-21-17-29(18-22-31)33-11-6-12-35-36-13-7-25-42-41(36)45-40(33)35/h1-26H. The average Bonchev–Trinajstić information content (AvgIpc) is 3.68. The number of rotatable bonds is 5. The number of furan rings is 1. The third kappa shape index (κ3) is 4.38. The Kier molecular flexibility index (Phi) is 6.00. The lowest BCUT2D eigenvalue weighted by Gasteiger charge is -2.26. The van der Waals surface area contributed by atoms with Crippen molar-refractivity contribution in [3.8, 4) is 22.3 Å². The molecule has 3 heterocycles. The monoisotopic (exact) mass is 594 g/mol. The minimum absolute atomic E-state index is 0.889. The summed E-state index contributed by atoms with van der Waals surface area (Å²) in [5.41, 5.74) is 9.86. The fourth-order valence-corrected chi connectivity index (χ4v) is 7.56. The number of hydrogen-bond acceptors (Lipinski definition) is 4. The molecule has 0 aliphatic carbocycles. The van der Waals surface area contributed by atoms with Gasteiger partial charge < -0.3 is 9.32 Å². The summed E-state index contributed by atoms with van der Waals surface area (Å²) in [6, 6.07) is 53.7. The number of pyridine rings is 1. The Hall–Kier alpha value is -5.71. The first-order valence-corrected chi connectivity index (χ1v) is 15.9. The first kappa shape index (κ1) is 25.8. The van der Waals surface area contributed by atoms with Gasteiger partial charge >= 0.3 is 0 Å². The second kappa shape index (κ2) is 10.5. The number of thiophene rings is 1. The number of benzene rings is 6. The van der Waals surface area contributed by atoms with E-state index in [0.29, 0.717) is 0 Å². The molecule has 212 valence electrons. The minimum Gasteiger partial charge on any atom is -0.456 e. The van der Waals surface area contributed by atoms with Crippen molar-refractivity contribution in [2.75, 3.05) is 4.90 Å². The molecular weight excluding hydrogens is 569 g/mol. The molecule has 0 aliphatic heterocycles. The zero-order chi connectivity index (χ0) is 29.7. The van der Waals surface area contributed by atoms with Crippen molar-refractivity contribution >= 4 is 70.6 Å². The molecule has 4 heteroatoms. The Morgan fingerprint density at radius 3 is 1.93 bits per heavy atom. The van der Waals surface area contributed by atoms with Gasteiger partial charge in [-0.05, 0) is 82.9 Å². The highest BCUT2D eigenvalue weighted by atomic mass is 32.1. The third-order valence-corrected chi connectivity index (χ3v) is 9.73. The van der Waals surface area contributed by atoms with Crippen LogP contribution >= 0.6 is 11.3 Å². The molecule has 0 N–H and O–H groups in total. The molecule has 3 aromatic heterocycles. The lowest BCUT2D eigenvalue weighted by molar-refractivity contribution is 0.669. The zero-order valence-electron chi connectivity index (χ0n) is 24.2. The number of nitrogens with zero attached hydrogens (tertiary/aromatic N) is 2. The van der Waals surface area contributed by atoms with Crippen molar-refractivity contribution < 1.29 is 4.42 Å². The van der Waals surface area contributed by atoms with E-state index in [0.717, 1.165) is 43.8 Å². The maximum absolute atomic E-state index is 6.16. The van der Waals surface area contributed by atoms with Crippen molar-refractivity contribution in [3.05, 3.63) is 158 Å². The predicted molar refractivity (Wildman–Crippen MR) is 190 cm³/mol. The fraction of sp³-hybridized carbons (Fsp3) is 0. The van der Waals surface area contributed by atoms with Gasteiger partial charge in [-0.1, -0.05) is 91.0 Å². The summed E-state index contributed by atoms with van der Waals surface area (Å²) in [4.78, 5) is 8.02. The van der Waals surface area contributed by atoms with Gasteiger partial charge in [0.05, 0.1) is 0 Å². The molecule has 45 heavy (non-hydrogen) atoms. The molecule has 0 bridgehead atoms. The van der Waals surface area contributed by atoms with Gasteiger partial charge in [0.2, 0.25) is 0 Å². The normalized spacial score (nSPS) is 11.6. The molecule has 0 atom stereocenters. The van der Waals surface area contributed by atoms with Crippen LogP contribution in [0, 0.1) is 0 Å². The quantitative estimate of drug-likeness (QED) is 0.198. The summed E-state index contributed by atoms with van der Waals surface area (Å²) in [6.07, 6.45) is 1.87. The molecule has 9 aromatic rings. The molecule has 0 aliphatic rings.